The Kier molecular flexibility index (Phi) is 4.39. The summed E-state index contributed by atoms with van der Waals surface area (Å²) in [6.07, 6.45) is 2.20. The summed E-state index contributed by atoms with van der Waals surface area (Å²) in [7, 11) is 0. The first-order valence-electron chi connectivity index (χ1n) is 7.24. The Balaban J connectivity index is 1.75. The Morgan fingerprint density at radius 2 is 2.29 bits per heavy atom. The molecule has 0 aliphatic carbocycles. The summed E-state index contributed by atoms with van der Waals surface area (Å²) in [5.74, 6) is -0.434. The van der Waals surface area contributed by atoms with Gasteiger partial charge in [-0.15, -0.1) is 10.2 Å². The normalized spacial score (nSPS) is 11.6. The molecule has 2 heterocycles. The van der Waals surface area contributed by atoms with E-state index < -0.39 is 5.91 Å². The molecule has 7 nitrogen and oxygen atoms in total. The van der Waals surface area contributed by atoms with E-state index >= 15 is 0 Å². The topological polar surface area (TPSA) is 121 Å². The van der Waals surface area contributed by atoms with Gasteiger partial charge in [0.1, 0.15) is 5.01 Å². The van der Waals surface area contributed by atoms with E-state index in [2.05, 4.69) is 39.6 Å². The number of aromatic nitrogens is 3. The van der Waals surface area contributed by atoms with Crippen LogP contribution >= 0.6 is 11.3 Å². The number of carbonyl (C=O) groups is 1. The first kappa shape index (κ1) is 15.9. The quantitative estimate of drug-likeness (QED) is 0.420. The zero-order valence-electron chi connectivity index (χ0n) is 13.0. The average molecular weight is 340 g/mol. The molecule has 1 amide bonds. The highest BCUT2D eigenvalue weighted by atomic mass is 32.1. The van der Waals surface area contributed by atoms with Crippen molar-refractivity contribution in [3.8, 4) is 10.7 Å². The molecule has 0 aliphatic heterocycles. The van der Waals surface area contributed by atoms with Crippen LogP contribution in [-0.4, -0.2) is 27.3 Å². The van der Waals surface area contributed by atoms with Crippen molar-refractivity contribution in [3.63, 3.8) is 0 Å². The SMILES string of the molecule is Cc1cccc2[nH]c(-c3nnc(CNC(=O)/C(N)=C/C=N)s3)cc12. The van der Waals surface area contributed by atoms with E-state index in [9.17, 15) is 4.79 Å². The molecule has 0 bridgehead atoms. The lowest BCUT2D eigenvalue weighted by Gasteiger charge is -2.01. The van der Waals surface area contributed by atoms with Gasteiger partial charge in [0, 0.05) is 17.1 Å². The van der Waals surface area contributed by atoms with Gasteiger partial charge in [0.25, 0.3) is 5.91 Å². The third-order valence-electron chi connectivity index (χ3n) is 3.50. The summed E-state index contributed by atoms with van der Waals surface area (Å²) in [5, 5.41) is 20.4. The van der Waals surface area contributed by atoms with Crippen molar-refractivity contribution < 1.29 is 4.79 Å². The number of hydrogen-bond donors (Lipinski definition) is 4. The second kappa shape index (κ2) is 6.63. The number of nitrogens with one attached hydrogen (secondary N) is 3. The fraction of sp³-hybridized carbons (Fsp3) is 0.125. The first-order chi connectivity index (χ1) is 11.6. The van der Waals surface area contributed by atoms with Crippen molar-refractivity contribution in [3.05, 3.63) is 46.6 Å². The molecule has 0 aliphatic rings. The van der Waals surface area contributed by atoms with E-state index in [1.807, 2.05) is 12.1 Å². The molecule has 1 aromatic carbocycles. The van der Waals surface area contributed by atoms with E-state index in [0.717, 1.165) is 27.8 Å². The zero-order valence-corrected chi connectivity index (χ0v) is 13.8. The van der Waals surface area contributed by atoms with E-state index in [4.69, 9.17) is 11.1 Å². The van der Waals surface area contributed by atoms with Gasteiger partial charge >= 0.3 is 0 Å². The second-order valence-electron chi connectivity index (χ2n) is 5.19. The summed E-state index contributed by atoms with van der Waals surface area (Å²) in [6, 6.07) is 8.14. The standard InChI is InChI=1S/C16H16N6OS/c1-9-3-2-4-12-10(9)7-13(20-12)16-22-21-14(24-16)8-19-15(23)11(18)5-6-17/h2-7,17,20H,8,18H2,1H3,(H,19,23)/b11-5-,17-6?. The number of carbonyl (C=O) groups excluding carboxylic acids is 1. The number of aryl methyl sites for hydroxylation is 1. The highest BCUT2D eigenvalue weighted by molar-refractivity contribution is 7.14. The minimum absolute atomic E-state index is 0.0131. The first-order valence-corrected chi connectivity index (χ1v) is 8.05. The summed E-state index contributed by atoms with van der Waals surface area (Å²) in [5.41, 5.74) is 8.64. The van der Waals surface area contributed by atoms with Gasteiger partial charge in [0.05, 0.1) is 17.9 Å². The Hall–Kier alpha value is -3.00. The van der Waals surface area contributed by atoms with Crippen LogP contribution in [0, 0.1) is 12.3 Å². The molecule has 0 unspecified atom stereocenters. The van der Waals surface area contributed by atoms with Crippen molar-refractivity contribution in [1.29, 1.82) is 5.41 Å². The molecule has 0 fully saturated rings. The molecule has 5 N–H and O–H groups in total. The Morgan fingerprint density at radius 3 is 3.04 bits per heavy atom. The number of H-pyrrole nitrogens is 1. The smallest absolute Gasteiger partial charge is 0.267 e. The van der Waals surface area contributed by atoms with Crippen molar-refractivity contribution in [2.45, 2.75) is 13.5 Å². The van der Waals surface area contributed by atoms with Crippen LogP contribution in [0.15, 0.2) is 36.0 Å². The second-order valence-corrected chi connectivity index (χ2v) is 6.25. The minimum atomic E-state index is -0.434. The molecule has 0 atom stereocenters. The van der Waals surface area contributed by atoms with Crippen LogP contribution in [0.1, 0.15) is 10.6 Å². The number of allylic oxidation sites excluding steroid dienone is 1. The summed E-state index contributed by atoms with van der Waals surface area (Å²) >= 11 is 1.40. The van der Waals surface area contributed by atoms with Gasteiger partial charge in [-0.05, 0) is 30.7 Å². The number of amides is 1. The zero-order chi connectivity index (χ0) is 17.1. The van der Waals surface area contributed by atoms with Crippen molar-refractivity contribution in [2.75, 3.05) is 0 Å². The van der Waals surface area contributed by atoms with Gasteiger partial charge in [0.15, 0.2) is 5.01 Å². The van der Waals surface area contributed by atoms with Gasteiger partial charge in [-0.25, -0.2) is 0 Å². The van der Waals surface area contributed by atoms with E-state index in [1.54, 1.807) is 0 Å². The number of nitrogens with two attached hydrogens (primary N) is 1. The average Bonchev–Trinajstić information content (AvgIpc) is 3.20. The highest BCUT2D eigenvalue weighted by Gasteiger charge is 2.12. The lowest BCUT2D eigenvalue weighted by Crippen LogP contribution is -2.28. The van der Waals surface area contributed by atoms with Crippen LogP contribution in [0.2, 0.25) is 0 Å². The van der Waals surface area contributed by atoms with E-state index in [1.165, 1.54) is 23.0 Å². The molecular formula is C16H16N6OS. The molecule has 3 rings (SSSR count). The third kappa shape index (κ3) is 3.18. The number of fused-ring (bicyclic) bond motifs is 1. The molecule has 0 spiro atoms. The summed E-state index contributed by atoms with van der Waals surface area (Å²) in [6.45, 7) is 2.30. The van der Waals surface area contributed by atoms with Crippen molar-refractivity contribution >= 4 is 34.4 Å². The van der Waals surface area contributed by atoms with Crippen molar-refractivity contribution in [2.24, 2.45) is 5.73 Å². The Labute approximate surface area is 142 Å². The van der Waals surface area contributed by atoms with Crippen LogP contribution in [-0.2, 0) is 11.3 Å². The van der Waals surface area contributed by atoms with E-state index in [0.29, 0.717) is 5.01 Å². The predicted octanol–water partition coefficient (Wildman–Crippen LogP) is 2.10. The van der Waals surface area contributed by atoms with Gasteiger partial charge in [-0.1, -0.05) is 23.5 Å². The van der Waals surface area contributed by atoms with Crippen LogP contribution < -0.4 is 11.1 Å². The number of aromatic amines is 1. The van der Waals surface area contributed by atoms with Crippen LogP contribution in [0.3, 0.4) is 0 Å². The number of hydrogen-bond acceptors (Lipinski definition) is 6. The Morgan fingerprint density at radius 1 is 1.46 bits per heavy atom. The maximum Gasteiger partial charge on any atom is 0.267 e. The van der Waals surface area contributed by atoms with Gasteiger partial charge in [-0.2, -0.15) is 0 Å². The third-order valence-corrected chi connectivity index (χ3v) is 4.46. The highest BCUT2D eigenvalue weighted by Crippen LogP contribution is 2.28. The van der Waals surface area contributed by atoms with Crippen LogP contribution in [0.5, 0.6) is 0 Å². The van der Waals surface area contributed by atoms with Crippen molar-refractivity contribution in [1.82, 2.24) is 20.5 Å². The molecule has 24 heavy (non-hydrogen) atoms. The summed E-state index contributed by atoms with van der Waals surface area (Å²) < 4.78 is 0. The predicted molar refractivity (Wildman–Crippen MR) is 94.8 cm³/mol. The number of nitrogens with zero attached hydrogens (tertiary/aromatic N) is 2. The largest absolute Gasteiger partial charge is 0.394 e. The molecule has 0 saturated carbocycles. The molecule has 122 valence electrons. The fourth-order valence-electron chi connectivity index (χ4n) is 2.28. The monoisotopic (exact) mass is 340 g/mol. The van der Waals surface area contributed by atoms with Crippen LogP contribution in [0.25, 0.3) is 21.6 Å². The minimum Gasteiger partial charge on any atom is -0.394 e. The molecule has 0 saturated heterocycles. The van der Waals surface area contributed by atoms with E-state index in [-0.39, 0.29) is 12.2 Å². The number of rotatable bonds is 5. The van der Waals surface area contributed by atoms with Gasteiger partial charge < -0.3 is 21.4 Å². The molecule has 0 radical (unpaired) electrons. The van der Waals surface area contributed by atoms with Gasteiger partial charge in [0.2, 0.25) is 0 Å². The maximum absolute atomic E-state index is 11.7. The number of benzene rings is 1. The fourth-order valence-corrected chi connectivity index (χ4v) is 3.03. The molecule has 3 aromatic rings. The molecule has 2 aromatic heterocycles. The summed E-state index contributed by atoms with van der Waals surface area (Å²) in [4.78, 5) is 15.0. The lowest BCUT2D eigenvalue weighted by atomic mass is 10.1. The van der Waals surface area contributed by atoms with Gasteiger partial charge in [-0.3, -0.25) is 4.79 Å². The molecular weight excluding hydrogens is 324 g/mol. The van der Waals surface area contributed by atoms with Crippen LogP contribution in [0.4, 0.5) is 0 Å². The maximum atomic E-state index is 11.7. The lowest BCUT2D eigenvalue weighted by molar-refractivity contribution is -0.117. The Bertz CT molecular complexity index is 939. The molecule has 8 heteroatoms.